The molecule has 0 aliphatic carbocycles. The van der Waals surface area contributed by atoms with Crippen LogP contribution in [0.4, 0.5) is 0 Å². The first-order chi connectivity index (χ1) is 7.81. The van der Waals surface area contributed by atoms with Crippen molar-refractivity contribution in [2.24, 2.45) is 11.7 Å². The lowest BCUT2D eigenvalue weighted by Gasteiger charge is -2.29. The fraction of sp³-hybridized carbons (Fsp3) is 0.667. The molecule has 0 fully saturated rings. The monoisotopic (exact) mass is 238 g/mol. The van der Waals surface area contributed by atoms with E-state index in [0.29, 0.717) is 0 Å². The molecule has 0 radical (unpaired) electrons. The summed E-state index contributed by atoms with van der Waals surface area (Å²) in [4.78, 5) is 15.7. The van der Waals surface area contributed by atoms with Gasteiger partial charge in [0, 0.05) is 0 Å². The highest BCUT2D eigenvalue weighted by molar-refractivity contribution is 5.78. The van der Waals surface area contributed by atoms with E-state index in [9.17, 15) is 4.79 Å². The van der Waals surface area contributed by atoms with Gasteiger partial charge in [-0.25, -0.2) is 4.98 Å². The lowest BCUT2D eigenvalue weighted by atomic mass is 9.98. The van der Waals surface area contributed by atoms with Gasteiger partial charge in [0.1, 0.15) is 6.04 Å². The minimum atomic E-state index is -0.361. The number of carbonyl (C=O) groups excluding carboxylic acids is 1. The first-order valence-electron chi connectivity index (χ1n) is 5.81. The zero-order valence-corrected chi connectivity index (χ0v) is 11.2. The Morgan fingerprint density at radius 3 is 2.53 bits per heavy atom. The summed E-state index contributed by atoms with van der Waals surface area (Å²) in [6, 6.07) is -0.361. The number of hydrogen-bond acceptors (Lipinski definition) is 3. The molecule has 96 valence electrons. The van der Waals surface area contributed by atoms with Crippen LogP contribution >= 0.6 is 0 Å². The van der Waals surface area contributed by atoms with Gasteiger partial charge in [0.05, 0.1) is 23.8 Å². The van der Waals surface area contributed by atoms with E-state index in [0.717, 1.165) is 5.69 Å². The summed E-state index contributed by atoms with van der Waals surface area (Å²) in [6.45, 7) is 8.04. The first kappa shape index (κ1) is 13.7. The fourth-order valence-electron chi connectivity index (χ4n) is 1.93. The van der Waals surface area contributed by atoms with Gasteiger partial charge in [0.25, 0.3) is 0 Å². The molecule has 0 aliphatic rings. The van der Waals surface area contributed by atoms with E-state index in [1.54, 1.807) is 12.5 Å². The molecule has 0 spiro atoms. The normalized spacial score (nSPS) is 14.0. The van der Waals surface area contributed by atoms with Gasteiger partial charge in [-0.05, 0) is 26.8 Å². The van der Waals surface area contributed by atoms with Crippen LogP contribution in [0.15, 0.2) is 12.5 Å². The molecule has 0 saturated heterocycles. The zero-order valence-electron chi connectivity index (χ0n) is 11.2. The standard InChI is InChI=1S/C12H22N4O/c1-8(2)10(11(13)17)16-7-15-6-9(16)12(3,4)14-5/h6-8,10,14H,1-5H3,(H2,13,17). The Kier molecular flexibility index (Phi) is 3.93. The number of primary amides is 1. The number of amides is 1. The summed E-state index contributed by atoms with van der Waals surface area (Å²) in [5.41, 5.74) is 6.18. The molecule has 1 heterocycles. The van der Waals surface area contributed by atoms with Crippen molar-refractivity contribution in [1.82, 2.24) is 14.9 Å². The minimum Gasteiger partial charge on any atom is -0.368 e. The maximum atomic E-state index is 11.6. The molecule has 1 amide bonds. The van der Waals surface area contributed by atoms with Gasteiger partial charge < -0.3 is 15.6 Å². The maximum absolute atomic E-state index is 11.6. The smallest absolute Gasteiger partial charge is 0.240 e. The van der Waals surface area contributed by atoms with E-state index in [4.69, 9.17) is 5.73 Å². The van der Waals surface area contributed by atoms with Crippen molar-refractivity contribution in [1.29, 1.82) is 0 Å². The highest BCUT2D eigenvalue weighted by Gasteiger charge is 2.29. The summed E-state index contributed by atoms with van der Waals surface area (Å²) in [6.07, 6.45) is 3.44. The quantitative estimate of drug-likeness (QED) is 0.804. The van der Waals surface area contributed by atoms with Gasteiger partial charge in [0.2, 0.25) is 5.91 Å². The molecule has 0 saturated carbocycles. The van der Waals surface area contributed by atoms with Gasteiger partial charge in [-0.1, -0.05) is 13.8 Å². The molecule has 17 heavy (non-hydrogen) atoms. The number of imidazole rings is 1. The van der Waals surface area contributed by atoms with E-state index in [1.165, 1.54) is 0 Å². The van der Waals surface area contributed by atoms with Crippen LogP contribution in [-0.2, 0) is 10.3 Å². The number of rotatable bonds is 5. The second-order valence-electron chi connectivity index (χ2n) is 5.15. The van der Waals surface area contributed by atoms with Gasteiger partial charge in [-0.2, -0.15) is 0 Å². The summed E-state index contributed by atoms with van der Waals surface area (Å²) in [5.74, 6) is -0.195. The van der Waals surface area contributed by atoms with Gasteiger partial charge in [0.15, 0.2) is 0 Å². The molecule has 1 rings (SSSR count). The van der Waals surface area contributed by atoms with Crippen molar-refractivity contribution in [3.8, 4) is 0 Å². The summed E-state index contributed by atoms with van der Waals surface area (Å²) in [5, 5.41) is 3.20. The second-order valence-corrected chi connectivity index (χ2v) is 5.15. The Morgan fingerprint density at radius 1 is 1.53 bits per heavy atom. The number of nitrogens with one attached hydrogen (secondary N) is 1. The van der Waals surface area contributed by atoms with Crippen molar-refractivity contribution in [2.75, 3.05) is 7.05 Å². The van der Waals surface area contributed by atoms with Crippen LogP contribution in [0, 0.1) is 5.92 Å². The third-order valence-corrected chi connectivity index (χ3v) is 3.15. The van der Waals surface area contributed by atoms with Crippen LogP contribution in [0.1, 0.15) is 39.4 Å². The van der Waals surface area contributed by atoms with E-state index in [-0.39, 0.29) is 23.4 Å². The van der Waals surface area contributed by atoms with E-state index >= 15 is 0 Å². The fourth-order valence-corrected chi connectivity index (χ4v) is 1.93. The first-order valence-corrected chi connectivity index (χ1v) is 5.81. The number of nitrogens with zero attached hydrogens (tertiary/aromatic N) is 2. The SMILES string of the molecule is CNC(C)(C)c1cncn1C(C(N)=O)C(C)C. The molecule has 1 unspecified atom stereocenters. The van der Waals surface area contributed by atoms with Crippen LogP contribution < -0.4 is 11.1 Å². The van der Waals surface area contributed by atoms with Crippen molar-refractivity contribution in [3.63, 3.8) is 0 Å². The Bertz CT molecular complexity index is 395. The largest absolute Gasteiger partial charge is 0.368 e. The predicted octanol–water partition coefficient (Wildman–Crippen LogP) is 1.02. The molecular formula is C12H22N4O. The molecule has 5 heteroatoms. The Morgan fingerprint density at radius 2 is 2.12 bits per heavy atom. The Hall–Kier alpha value is -1.36. The molecule has 3 N–H and O–H groups in total. The van der Waals surface area contributed by atoms with Crippen molar-refractivity contribution in [3.05, 3.63) is 18.2 Å². The van der Waals surface area contributed by atoms with Crippen molar-refractivity contribution < 1.29 is 4.79 Å². The predicted molar refractivity (Wildman–Crippen MR) is 67.4 cm³/mol. The zero-order chi connectivity index (χ0) is 13.2. The molecule has 0 aromatic carbocycles. The maximum Gasteiger partial charge on any atom is 0.240 e. The molecule has 1 atom stereocenters. The highest BCUT2D eigenvalue weighted by Crippen LogP contribution is 2.26. The summed E-state index contributed by atoms with van der Waals surface area (Å²) >= 11 is 0. The topological polar surface area (TPSA) is 72.9 Å². The molecule has 5 nitrogen and oxygen atoms in total. The number of aromatic nitrogens is 2. The van der Waals surface area contributed by atoms with Crippen LogP contribution in [0.25, 0.3) is 0 Å². The van der Waals surface area contributed by atoms with Gasteiger partial charge in [-0.3, -0.25) is 4.79 Å². The van der Waals surface area contributed by atoms with Crippen molar-refractivity contribution >= 4 is 5.91 Å². The minimum absolute atomic E-state index is 0.133. The number of carbonyl (C=O) groups is 1. The average molecular weight is 238 g/mol. The van der Waals surface area contributed by atoms with Crippen LogP contribution in [-0.4, -0.2) is 22.5 Å². The van der Waals surface area contributed by atoms with Crippen LogP contribution in [0.2, 0.25) is 0 Å². The summed E-state index contributed by atoms with van der Waals surface area (Å²) in [7, 11) is 1.88. The molecule has 0 bridgehead atoms. The second kappa shape index (κ2) is 4.87. The van der Waals surface area contributed by atoms with E-state index < -0.39 is 0 Å². The van der Waals surface area contributed by atoms with Crippen LogP contribution in [0.5, 0.6) is 0 Å². The van der Waals surface area contributed by atoms with Crippen LogP contribution in [0.3, 0.4) is 0 Å². The average Bonchev–Trinajstić information content (AvgIpc) is 2.66. The van der Waals surface area contributed by atoms with E-state index in [1.807, 2.05) is 39.3 Å². The number of nitrogens with two attached hydrogens (primary N) is 1. The Labute approximate surface area is 102 Å². The summed E-state index contributed by atoms with van der Waals surface area (Å²) < 4.78 is 1.86. The third kappa shape index (κ3) is 2.66. The van der Waals surface area contributed by atoms with Gasteiger partial charge >= 0.3 is 0 Å². The molecular weight excluding hydrogens is 216 g/mol. The van der Waals surface area contributed by atoms with Crippen molar-refractivity contribution in [2.45, 2.75) is 39.3 Å². The lowest BCUT2D eigenvalue weighted by Crippen LogP contribution is -2.39. The van der Waals surface area contributed by atoms with Gasteiger partial charge in [-0.15, -0.1) is 0 Å². The Balaban J connectivity index is 3.23. The highest BCUT2D eigenvalue weighted by atomic mass is 16.1. The molecule has 0 aliphatic heterocycles. The molecule has 1 aromatic rings. The molecule has 1 aromatic heterocycles. The third-order valence-electron chi connectivity index (χ3n) is 3.15. The van der Waals surface area contributed by atoms with E-state index in [2.05, 4.69) is 10.3 Å². The lowest BCUT2D eigenvalue weighted by molar-refractivity contribution is -0.122. The number of hydrogen-bond donors (Lipinski definition) is 2.